The van der Waals surface area contributed by atoms with Crippen LogP contribution in [0.4, 0.5) is 5.69 Å². The van der Waals surface area contributed by atoms with Gasteiger partial charge in [0, 0.05) is 16.8 Å². The lowest BCUT2D eigenvalue weighted by Gasteiger charge is -2.23. The van der Waals surface area contributed by atoms with Crippen LogP contribution in [0, 0.1) is 0 Å². The number of anilines is 1. The highest BCUT2D eigenvalue weighted by Crippen LogP contribution is 2.34. The number of hydrogen-bond acceptors (Lipinski definition) is 3. The molecule has 1 unspecified atom stereocenters. The summed E-state index contributed by atoms with van der Waals surface area (Å²) in [7, 11) is 0. The Morgan fingerprint density at radius 3 is 2.07 bits per heavy atom. The molecule has 0 radical (unpaired) electrons. The maximum absolute atomic E-state index is 5.61. The quantitative estimate of drug-likeness (QED) is 0.561. The third kappa shape index (κ3) is 4.08. The average molecular weight is 369 g/mol. The summed E-state index contributed by atoms with van der Waals surface area (Å²) >= 11 is 0. The Morgan fingerprint density at radius 1 is 0.857 bits per heavy atom. The van der Waals surface area contributed by atoms with Crippen LogP contribution in [0.5, 0.6) is 0 Å². The Labute approximate surface area is 165 Å². The Bertz CT molecular complexity index is 939. The summed E-state index contributed by atoms with van der Waals surface area (Å²) in [4.78, 5) is 0. The second kappa shape index (κ2) is 8.73. The van der Waals surface area contributed by atoms with Crippen LogP contribution < -0.4 is 5.32 Å². The molecule has 28 heavy (non-hydrogen) atoms. The second-order valence-electron chi connectivity index (χ2n) is 6.64. The van der Waals surface area contributed by atoms with E-state index in [0.717, 1.165) is 28.0 Å². The first-order valence-corrected chi connectivity index (χ1v) is 9.45. The van der Waals surface area contributed by atoms with E-state index in [1.54, 1.807) is 0 Å². The number of nitrogens with one attached hydrogen (secondary N) is 1. The molecule has 1 heterocycles. The first-order chi connectivity index (χ1) is 13.8. The third-order valence-corrected chi connectivity index (χ3v) is 4.81. The second-order valence-corrected chi connectivity index (χ2v) is 6.64. The van der Waals surface area contributed by atoms with Crippen LogP contribution in [-0.4, -0.2) is 13.2 Å². The van der Waals surface area contributed by atoms with Crippen LogP contribution in [-0.2, 0) is 9.47 Å². The van der Waals surface area contributed by atoms with Crippen molar-refractivity contribution < 1.29 is 9.47 Å². The van der Waals surface area contributed by atoms with E-state index in [2.05, 4.69) is 66.2 Å². The molecule has 0 saturated carbocycles. The molecule has 0 amide bonds. The Kier molecular flexibility index (Phi) is 5.69. The predicted molar refractivity (Wildman–Crippen MR) is 113 cm³/mol. The third-order valence-electron chi connectivity index (χ3n) is 4.81. The number of ether oxygens (including phenoxy) is 2. The van der Waals surface area contributed by atoms with Crippen molar-refractivity contribution in [3.8, 4) is 0 Å². The monoisotopic (exact) mass is 369 g/mol. The fourth-order valence-corrected chi connectivity index (χ4v) is 3.41. The van der Waals surface area contributed by atoms with Gasteiger partial charge in [-0.2, -0.15) is 0 Å². The molecule has 140 valence electrons. The number of para-hydroxylation sites is 1. The van der Waals surface area contributed by atoms with Gasteiger partial charge in [0.1, 0.15) is 0 Å². The summed E-state index contributed by atoms with van der Waals surface area (Å²) in [5.74, 6) is 0. The van der Waals surface area contributed by atoms with Gasteiger partial charge in [0.15, 0.2) is 6.29 Å². The summed E-state index contributed by atoms with van der Waals surface area (Å²) in [6.45, 7) is 5.25. The summed E-state index contributed by atoms with van der Waals surface area (Å²) in [5, 5.41) is 3.63. The minimum absolute atomic E-state index is 0.0817. The van der Waals surface area contributed by atoms with Crippen LogP contribution >= 0.6 is 0 Å². The highest BCUT2D eigenvalue weighted by Gasteiger charge is 2.21. The van der Waals surface area contributed by atoms with Gasteiger partial charge in [-0.3, -0.25) is 0 Å². The topological polar surface area (TPSA) is 30.5 Å². The first-order valence-electron chi connectivity index (χ1n) is 9.45. The van der Waals surface area contributed by atoms with Gasteiger partial charge in [-0.05, 0) is 23.3 Å². The van der Waals surface area contributed by atoms with E-state index < -0.39 is 0 Å². The van der Waals surface area contributed by atoms with Gasteiger partial charge in [-0.1, -0.05) is 79.4 Å². The fourth-order valence-electron chi connectivity index (χ4n) is 3.41. The molecule has 3 aromatic carbocycles. The normalized spacial score (nSPS) is 15.0. The SMILES string of the molecule is C=C=C(c1ccccc1)C(Nc1ccccc1)c1ccc(C2OCCO2)cc1. The molecule has 1 aliphatic heterocycles. The number of rotatable bonds is 6. The zero-order valence-corrected chi connectivity index (χ0v) is 15.7. The van der Waals surface area contributed by atoms with Gasteiger partial charge in [-0.25, -0.2) is 0 Å². The molecule has 1 N–H and O–H groups in total. The zero-order chi connectivity index (χ0) is 19.2. The van der Waals surface area contributed by atoms with Crippen molar-refractivity contribution in [3.05, 3.63) is 114 Å². The minimum atomic E-state index is -0.266. The van der Waals surface area contributed by atoms with Gasteiger partial charge in [0.2, 0.25) is 0 Å². The molecule has 4 rings (SSSR count). The summed E-state index contributed by atoms with van der Waals surface area (Å²) < 4.78 is 11.2. The molecule has 1 saturated heterocycles. The van der Waals surface area contributed by atoms with Crippen LogP contribution in [0.2, 0.25) is 0 Å². The fraction of sp³-hybridized carbons (Fsp3) is 0.160. The first kappa shape index (κ1) is 18.3. The molecule has 0 spiro atoms. The lowest BCUT2D eigenvalue weighted by Crippen LogP contribution is -2.13. The van der Waals surface area contributed by atoms with Crippen molar-refractivity contribution in [1.82, 2.24) is 0 Å². The molecule has 3 nitrogen and oxygen atoms in total. The number of hydrogen-bond donors (Lipinski definition) is 1. The van der Waals surface area contributed by atoms with Gasteiger partial charge in [-0.15, -0.1) is 5.73 Å². The Hall–Kier alpha value is -3.10. The molecule has 0 aliphatic carbocycles. The van der Waals surface area contributed by atoms with Crippen LogP contribution in [0.15, 0.2) is 97.2 Å². The highest BCUT2D eigenvalue weighted by molar-refractivity contribution is 5.73. The number of benzene rings is 3. The Morgan fingerprint density at radius 2 is 1.46 bits per heavy atom. The largest absolute Gasteiger partial charge is 0.374 e. The van der Waals surface area contributed by atoms with E-state index in [4.69, 9.17) is 9.47 Å². The van der Waals surface area contributed by atoms with Crippen molar-refractivity contribution in [2.45, 2.75) is 12.3 Å². The average Bonchev–Trinajstić information content (AvgIpc) is 3.30. The molecule has 1 atom stereocenters. The summed E-state index contributed by atoms with van der Waals surface area (Å²) in [5.41, 5.74) is 8.46. The lowest BCUT2D eigenvalue weighted by atomic mass is 9.92. The lowest BCUT2D eigenvalue weighted by molar-refractivity contribution is -0.0441. The van der Waals surface area contributed by atoms with E-state index in [1.165, 1.54) is 0 Å². The van der Waals surface area contributed by atoms with Crippen LogP contribution in [0.1, 0.15) is 29.0 Å². The summed E-state index contributed by atoms with van der Waals surface area (Å²) in [6.07, 6.45) is -0.266. The van der Waals surface area contributed by atoms with Crippen LogP contribution in [0.25, 0.3) is 5.57 Å². The summed E-state index contributed by atoms with van der Waals surface area (Å²) in [6, 6.07) is 28.7. The molecular formula is C25H23NO2. The molecule has 3 aromatic rings. The maximum atomic E-state index is 5.61. The molecule has 1 aliphatic rings. The highest BCUT2D eigenvalue weighted by atomic mass is 16.7. The molecule has 3 heteroatoms. The van der Waals surface area contributed by atoms with Crippen molar-refractivity contribution >= 4 is 11.3 Å². The molecular weight excluding hydrogens is 346 g/mol. The van der Waals surface area contributed by atoms with E-state index in [1.807, 2.05) is 36.4 Å². The predicted octanol–water partition coefficient (Wildman–Crippen LogP) is 5.75. The molecule has 1 fully saturated rings. The van der Waals surface area contributed by atoms with E-state index in [9.17, 15) is 0 Å². The van der Waals surface area contributed by atoms with Crippen molar-refractivity contribution in [2.75, 3.05) is 18.5 Å². The standard InChI is InChI=1S/C25H23NO2/c1-2-23(19-9-5-3-6-10-19)24(26-22-11-7-4-8-12-22)20-13-15-21(16-14-20)25-27-17-18-28-25/h3-16,24-26H,1,17-18H2. The van der Waals surface area contributed by atoms with E-state index in [-0.39, 0.29) is 12.3 Å². The van der Waals surface area contributed by atoms with Gasteiger partial charge in [0.05, 0.1) is 19.3 Å². The maximum Gasteiger partial charge on any atom is 0.184 e. The van der Waals surface area contributed by atoms with Crippen molar-refractivity contribution in [2.24, 2.45) is 0 Å². The molecule has 0 bridgehead atoms. The van der Waals surface area contributed by atoms with Gasteiger partial charge >= 0.3 is 0 Å². The van der Waals surface area contributed by atoms with E-state index >= 15 is 0 Å². The van der Waals surface area contributed by atoms with Gasteiger partial charge < -0.3 is 14.8 Å². The van der Waals surface area contributed by atoms with E-state index in [0.29, 0.717) is 13.2 Å². The smallest absolute Gasteiger partial charge is 0.184 e. The van der Waals surface area contributed by atoms with Gasteiger partial charge in [0.25, 0.3) is 0 Å². The van der Waals surface area contributed by atoms with Crippen molar-refractivity contribution in [3.63, 3.8) is 0 Å². The minimum Gasteiger partial charge on any atom is -0.374 e. The molecule has 0 aromatic heterocycles. The van der Waals surface area contributed by atoms with Crippen LogP contribution in [0.3, 0.4) is 0 Å². The zero-order valence-electron chi connectivity index (χ0n) is 15.7. The van der Waals surface area contributed by atoms with Crippen molar-refractivity contribution in [1.29, 1.82) is 0 Å². The Balaban J connectivity index is 1.69.